The third kappa shape index (κ3) is 5.65. The van der Waals surface area contributed by atoms with Crippen molar-refractivity contribution in [1.82, 2.24) is 0 Å². The molecule has 0 heterocycles. The van der Waals surface area contributed by atoms with E-state index in [0.717, 1.165) is 24.9 Å². The second-order valence-electron chi connectivity index (χ2n) is 10.8. The highest BCUT2D eigenvalue weighted by Crippen LogP contribution is 2.44. The molecule has 1 aromatic rings. The molecule has 0 aliphatic heterocycles. The van der Waals surface area contributed by atoms with E-state index in [1.165, 1.54) is 49.7 Å². The quantitative estimate of drug-likeness (QED) is 0.263. The molecule has 2 N–H and O–H groups in total. The van der Waals surface area contributed by atoms with E-state index < -0.39 is 0 Å². The Bertz CT molecular complexity index is 754. The molecule has 1 heteroatoms. The number of unbranched alkanes of at least 4 members (excludes halogenated alkanes) is 1. The zero-order chi connectivity index (χ0) is 23.1. The lowest BCUT2D eigenvalue weighted by atomic mass is 9.68. The van der Waals surface area contributed by atoms with Gasteiger partial charge >= 0.3 is 0 Å². The van der Waals surface area contributed by atoms with Crippen molar-refractivity contribution < 1.29 is 0 Å². The van der Waals surface area contributed by atoms with Gasteiger partial charge in [0.05, 0.1) is 0 Å². The minimum atomic E-state index is 0.151. The summed E-state index contributed by atoms with van der Waals surface area (Å²) >= 11 is 0. The van der Waals surface area contributed by atoms with Crippen LogP contribution in [0.2, 0.25) is 0 Å². The standard InChI is InChI=1S/C30H49N/c1-8-28(5,9-2)25-20-17-21-26(27(25)31)30(7,11-4)23-16-15-22-29(6,10-3)24-18-13-12-14-19-24/h12-14,17-18,20-21,24H,8-11,15-16,19,22-23,31H2,1-7H3/t24-,29?,30?/m1/s1. The Morgan fingerprint density at radius 3 is 1.90 bits per heavy atom. The van der Waals surface area contributed by atoms with Crippen LogP contribution in [0.3, 0.4) is 0 Å². The first kappa shape index (κ1) is 25.8. The van der Waals surface area contributed by atoms with Gasteiger partial charge < -0.3 is 5.73 Å². The van der Waals surface area contributed by atoms with E-state index in [1.54, 1.807) is 0 Å². The SMILES string of the molecule is CCC(C)(CC)c1cccc(C(C)(CC)CCCCC(C)(CC)[C@@H]2C=CC=CC2)c1N. The maximum atomic E-state index is 6.86. The van der Waals surface area contributed by atoms with E-state index in [0.29, 0.717) is 11.3 Å². The minimum Gasteiger partial charge on any atom is -0.398 e. The fraction of sp³-hybridized carbons (Fsp3) is 0.667. The summed E-state index contributed by atoms with van der Waals surface area (Å²) in [5.41, 5.74) is 11.4. The van der Waals surface area contributed by atoms with Gasteiger partial charge in [0, 0.05) is 5.69 Å². The van der Waals surface area contributed by atoms with Crippen molar-refractivity contribution in [1.29, 1.82) is 0 Å². The normalized spacial score (nSPS) is 20.4. The van der Waals surface area contributed by atoms with Gasteiger partial charge in [-0.25, -0.2) is 0 Å². The molecule has 0 fully saturated rings. The first-order valence-corrected chi connectivity index (χ1v) is 12.9. The van der Waals surface area contributed by atoms with Crippen molar-refractivity contribution >= 4 is 5.69 Å². The Labute approximate surface area is 193 Å². The predicted molar refractivity (Wildman–Crippen MR) is 140 cm³/mol. The van der Waals surface area contributed by atoms with Gasteiger partial charge in [0.25, 0.3) is 0 Å². The second kappa shape index (κ2) is 10.9. The summed E-state index contributed by atoms with van der Waals surface area (Å²) in [5.74, 6) is 0.688. The van der Waals surface area contributed by atoms with Crippen LogP contribution in [-0.2, 0) is 10.8 Å². The van der Waals surface area contributed by atoms with Crippen LogP contribution >= 0.6 is 0 Å². The number of rotatable bonds is 12. The van der Waals surface area contributed by atoms with E-state index in [9.17, 15) is 0 Å². The van der Waals surface area contributed by atoms with Crippen molar-refractivity contribution in [2.24, 2.45) is 11.3 Å². The number of para-hydroxylation sites is 1. The lowest BCUT2D eigenvalue weighted by Crippen LogP contribution is -2.28. The molecule has 0 aromatic heterocycles. The molecule has 0 bridgehead atoms. The fourth-order valence-electron chi connectivity index (χ4n) is 5.52. The van der Waals surface area contributed by atoms with Gasteiger partial charge in [-0.3, -0.25) is 0 Å². The zero-order valence-corrected chi connectivity index (χ0v) is 21.6. The van der Waals surface area contributed by atoms with Crippen LogP contribution in [0, 0.1) is 11.3 Å². The average Bonchev–Trinajstić information content (AvgIpc) is 2.81. The van der Waals surface area contributed by atoms with Gasteiger partial charge in [0.15, 0.2) is 0 Å². The minimum absolute atomic E-state index is 0.151. The summed E-state index contributed by atoms with van der Waals surface area (Å²) in [5, 5.41) is 0. The van der Waals surface area contributed by atoms with Crippen LogP contribution in [0.5, 0.6) is 0 Å². The summed E-state index contributed by atoms with van der Waals surface area (Å²) in [6, 6.07) is 6.81. The highest BCUT2D eigenvalue weighted by molar-refractivity contribution is 5.59. The van der Waals surface area contributed by atoms with Crippen LogP contribution in [0.15, 0.2) is 42.5 Å². The van der Waals surface area contributed by atoms with Crippen LogP contribution in [0.25, 0.3) is 0 Å². The van der Waals surface area contributed by atoms with Crippen molar-refractivity contribution in [3.63, 3.8) is 0 Å². The number of hydrogen-bond acceptors (Lipinski definition) is 1. The average molecular weight is 424 g/mol. The second-order valence-corrected chi connectivity index (χ2v) is 10.8. The molecule has 1 aliphatic carbocycles. The molecule has 1 nitrogen and oxygen atoms in total. The van der Waals surface area contributed by atoms with Gasteiger partial charge in [0.2, 0.25) is 0 Å². The molecule has 1 aromatic carbocycles. The molecule has 0 saturated heterocycles. The molecule has 0 spiro atoms. The van der Waals surface area contributed by atoms with E-state index >= 15 is 0 Å². The summed E-state index contributed by atoms with van der Waals surface area (Å²) in [7, 11) is 0. The van der Waals surface area contributed by atoms with Gasteiger partial charge in [-0.1, -0.05) is 110 Å². The Kier molecular flexibility index (Phi) is 9.04. The molecular formula is C30H49N. The maximum Gasteiger partial charge on any atom is 0.0390 e. The van der Waals surface area contributed by atoms with Crippen LogP contribution in [0.4, 0.5) is 5.69 Å². The molecule has 0 amide bonds. The van der Waals surface area contributed by atoms with E-state index in [4.69, 9.17) is 5.73 Å². The third-order valence-corrected chi connectivity index (χ3v) is 9.16. The maximum absolute atomic E-state index is 6.86. The summed E-state index contributed by atoms with van der Waals surface area (Å²) in [4.78, 5) is 0. The molecule has 0 saturated carbocycles. The monoisotopic (exact) mass is 423 g/mol. The first-order chi connectivity index (χ1) is 14.7. The Morgan fingerprint density at radius 2 is 1.39 bits per heavy atom. The molecule has 3 atom stereocenters. The van der Waals surface area contributed by atoms with Crippen molar-refractivity contribution in [3.8, 4) is 0 Å². The molecule has 0 radical (unpaired) electrons. The largest absolute Gasteiger partial charge is 0.398 e. The summed E-state index contributed by atoms with van der Waals surface area (Å²) in [6.45, 7) is 16.6. The number of allylic oxidation sites excluding steroid dienone is 4. The number of anilines is 1. The zero-order valence-electron chi connectivity index (χ0n) is 21.6. The van der Waals surface area contributed by atoms with E-state index in [1.807, 2.05) is 0 Å². The summed E-state index contributed by atoms with van der Waals surface area (Å²) < 4.78 is 0. The molecular weight excluding hydrogens is 374 g/mol. The van der Waals surface area contributed by atoms with Gasteiger partial charge in [-0.05, 0) is 71.8 Å². The van der Waals surface area contributed by atoms with Crippen molar-refractivity contribution in [3.05, 3.63) is 53.6 Å². The first-order valence-electron chi connectivity index (χ1n) is 12.9. The van der Waals surface area contributed by atoms with Crippen molar-refractivity contribution in [2.75, 3.05) is 5.73 Å². The predicted octanol–water partition coefficient (Wildman–Crippen LogP) is 9.12. The number of hydrogen-bond donors (Lipinski definition) is 1. The topological polar surface area (TPSA) is 26.0 Å². The number of benzene rings is 1. The van der Waals surface area contributed by atoms with Crippen molar-refractivity contribution in [2.45, 2.75) is 117 Å². The highest BCUT2D eigenvalue weighted by atomic mass is 14.6. The van der Waals surface area contributed by atoms with Gasteiger partial charge in [-0.2, -0.15) is 0 Å². The lowest BCUT2D eigenvalue weighted by molar-refractivity contribution is 0.189. The van der Waals surface area contributed by atoms with Crippen LogP contribution < -0.4 is 5.73 Å². The van der Waals surface area contributed by atoms with Crippen LogP contribution in [-0.4, -0.2) is 0 Å². The highest BCUT2D eigenvalue weighted by Gasteiger charge is 2.33. The van der Waals surface area contributed by atoms with Crippen LogP contribution in [0.1, 0.15) is 117 Å². The number of nitrogen functional groups attached to an aromatic ring is 1. The Morgan fingerprint density at radius 1 is 0.806 bits per heavy atom. The smallest absolute Gasteiger partial charge is 0.0390 e. The lowest BCUT2D eigenvalue weighted by Gasteiger charge is -2.37. The molecule has 2 unspecified atom stereocenters. The summed E-state index contributed by atoms with van der Waals surface area (Å²) in [6.07, 6.45) is 20.1. The molecule has 2 rings (SSSR count). The van der Waals surface area contributed by atoms with Gasteiger partial charge in [-0.15, -0.1) is 0 Å². The third-order valence-electron chi connectivity index (χ3n) is 9.16. The number of nitrogens with two attached hydrogens (primary N) is 1. The Balaban J connectivity index is 2.11. The fourth-order valence-corrected chi connectivity index (χ4v) is 5.52. The molecule has 31 heavy (non-hydrogen) atoms. The molecule has 174 valence electrons. The van der Waals surface area contributed by atoms with E-state index in [2.05, 4.69) is 91.0 Å². The van der Waals surface area contributed by atoms with E-state index in [-0.39, 0.29) is 10.8 Å². The Hall–Kier alpha value is -1.50. The van der Waals surface area contributed by atoms with Gasteiger partial charge in [0.1, 0.15) is 0 Å². The molecule has 1 aliphatic rings.